The van der Waals surface area contributed by atoms with Gasteiger partial charge in [0.15, 0.2) is 0 Å². The van der Waals surface area contributed by atoms with Crippen molar-refractivity contribution in [2.45, 2.75) is 50.5 Å². The Labute approximate surface area is 237 Å². The number of likely N-dealkylation sites (tertiary alicyclic amines) is 2. The molecule has 11 heteroatoms. The van der Waals surface area contributed by atoms with E-state index in [4.69, 9.17) is 15.5 Å². The predicted molar refractivity (Wildman–Crippen MR) is 154 cm³/mol. The Kier molecular flexibility index (Phi) is 8.04. The second-order valence-corrected chi connectivity index (χ2v) is 12.2. The molecule has 3 atom stereocenters. The third-order valence-electron chi connectivity index (χ3n) is 8.21. The summed E-state index contributed by atoms with van der Waals surface area (Å²) in [6.45, 7) is 4.39. The maximum Gasteiger partial charge on any atom is 0.313 e. The Hall–Kier alpha value is -3.57. The van der Waals surface area contributed by atoms with E-state index in [1.165, 1.54) is 65.3 Å². The monoisotopic (exact) mass is 564 g/mol. The van der Waals surface area contributed by atoms with E-state index >= 15 is 0 Å². The number of thiazole rings is 1. The molecule has 3 amide bonds. The van der Waals surface area contributed by atoms with Crippen molar-refractivity contribution in [3.05, 3.63) is 47.1 Å². The van der Waals surface area contributed by atoms with E-state index < -0.39 is 17.7 Å². The van der Waals surface area contributed by atoms with Gasteiger partial charge in [0.2, 0.25) is 5.88 Å². The Balaban J connectivity index is 0.000000167. The fourth-order valence-electron chi connectivity index (χ4n) is 6.15. The first kappa shape index (κ1) is 28.0. The highest BCUT2D eigenvalue weighted by atomic mass is 32.1. The van der Waals surface area contributed by atoms with E-state index in [2.05, 4.69) is 46.5 Å². The summed E-state index contributed by atoms with van der Waals surface area (Å²) in [4.78, 5) is 48.4. The first-order chi connectivity index (χ1) is 19.2. The van der Waals surface area contributed by atoms with Gasteiger partial charge in [-0.3, -0.25) is 14.4 Å². The van der Waals surface area contributed by atoms with Gasteiger partial charge >= 0.3 is 11.8 Å². The van der Waals surface area contributed by atoms with E-state index in [0.29, 0.717) is 24.4 Å². The van der Waals surface area contributed by atoms with Crippen LogP contribution in [-0.4, -0.2) is 77.3 Å². The number of amides is 3. The maximum atomic E-state index is 12.2. The quantitative estimate of drug-likeness (QED) is 0.464. The highest BCUT2D eigenvalue weighted by Crippen LogP contribution is 2.50. The zero-order valence-corrected chi connectivity index (χ0v) is 24.0. The van der Waals surface area contributed by atoms with E-state index in [9.17, 15) is 14.4 Å². The van der Waals surface area contributed by atoms with Crippen molar-refractivity contribution in [1.29, 1.82) is 0 Å². The number of methoxy groups -OCH3 is 1. The number of aromatic nitrogens is 2. The number of carbonyl (C=O) groups is 3. The molecule has 3 unspecified atom stereocenters. The van der Waals surface area contributed by atoms with E-state index in [-0.39, 0.29) is 17.1 Å². The lowest BCUT2D eigenvalue weighted by molar-refractivity contribution is -0.144. The number of nitrogens with two attached hydrogens (primary N) is 1. The first-order valence-electron chi connectivity index (χ1n) is 13.7. The molecule has 2 aromatic heterocycles. The van der Waals surface area contributed by atoms with Crippen LogP contribution >= 0.6 is 11.3 Å². The van der Waals surface area contributed by atoms with Gasteiger partial charge in [-0.1, -0.05) is 19.1 Å². The van der Waals surface area contributed by atoms with Crippen molar-refractivity contribution in [1.82, 2.24) is 19.8 Å². The molecule has 3 aliphatic rings. The van der Waals surface area contributed by atoms with Gasteiger partial charge in [0.05, 0.1) is 29.2 Å². The molecule has 0 radical (unpaired) electrons. The molecular weight excluding hydrogens is 528 g/mol. The van der Waals surface area contributed by atoms with Crippen molar-refractivity contribution >= 4 is 45.0 Å². The van der Waals surface area contributed by atoms with Crippen LogP contribution in [0.2, 0.25) is 0 Å². The van der Waals surface area contributed by atoms with Crippen LogP contribution in [0.3, 0.4) is 0 Å². The van der Waals surface area contributed by atoms with Crippen molar-refractivity contribution in [3.8, 4) is 5.88 Å². The summed E-state index contributed by atoms with van der Waals surface area (Å²) in [5, 5.41) is 3.82. The number of rotatable bonds is 4. The largest absolute Gasteiger partial charge is 0.480 e. The van der Waals surface area contributed by atoms with Gasteiger partial charge in [0, 0.05) is 31.1 Å². The average molecular weight is 565 g/mol. The van der Waals surface area contributed by atoms with Crippen molar-refractivity contribution < 1.29 is 19.1 Å². The fraction of sp³-hybridized carbons (Fsp3) is 0.483. The van der Waals surface area contributed by atoms with Crippen LogP contribution in [0.4, 0.5) is 5.69 Å². The number of likely N-dealkylation sites (N-methyl/N-ethyl adjacent to an activating group) is 1. The highest BCUT2D eigenvalue weighted by Gasteiger charge is 2.50. The van der Waals surface area contributed by atoms with E-state index in [1.54, 1.807) is 0 Å². The Morgan fingerprint density at radius 3 is 2.67 bits per heavy atom. The third-order valence-corrected chi connectivity index (χ3v) is 9.49. The molecule has 1 aliphatic carbocycles. The van der Waals surface area contributed by atoms with E-state index in [1.807, 2.05) is 18.3 Å². The first-order valence-corrected chi connectivity index (χ1v) is 14.5. The van der Waals surface area contributed by atoms with E-state index in [0.717, 1.165) is 18.9 Å². The minimum Gasteiger partial charge on any atom is -0.480 e. The Morgan fingerprint density at radius 2 is 2.02 bits per heavy atom. The Morgan fingerprint density at radius 1 is 1.23 bits per heavy atom. The molecule has 3 N–H and O–H groups in total. The summed E-state index contributed by atoms with van der Waals surface area (Å²) >= 11 is 1.91. The minimum atomic E-state index is -0.763. The second kappa shape index (κ2) is 11.5. The molecule has 1 aromatic carbocycles. The van der Waals surface area contributed by atoms with Crippen LogP contribution in [0.1, 0.15) is 54.4 Å². The molecule has 1 saturated carbocycles. The molecule has 10 nitrogen and oxygen atoms in total. The normalized spacial score (nSPS) is 23.9. The van der Waals surface area contributed by atoms with Gasteiger partial charge in [0.1, 0.15) is 10.6 Å². The van der Waals surface area contributed by atoms with Gasteiger partial charge in [-0.25, -0.2) is 9.97 Å². The number of hydrogen-bond acceptors (Lipinski definition) is 8. The van der Waals surface area contributed by atoms with Crippen LogP contribution in [0, 0.1) is 5.92 Å². The number of hydrogen-bond donors (Lipinski definition) is 2. The summed E-state index contributed by atoms with van der Waals surface area (Å²) < 4.78 is 6.26. The smallest absolute Gasteiger partial charge is 0.313 e. The molecule has 3 fully saturated rings. The molecule has 2 aliphatic heterocycles. The van der Waals surface area contributed by atoms with Crippen molar-refractivity contribution in [2.24, 2.45) is 11.7 Å². The van der Waals surface area contributed by atoms with Gasteiger partial charge in [-0.2, -0.15) is 0 Å². The number of anilines is 1. The molecular formula is C29H36N6O4S. The zero-order chi connectivity index (χ0) is 28.4. The zero-order valence-electron chi connectivity index (χ0n) is 23.2. The number of nitrogens with one attached hydrogen (secondary N) is 1. The van der Waals surface area contributed by atoms with Crippen molar-refractivity contribution in [2.75, 3.05) is 39.1 Å². The topological polar surface area (TPSA) is 131 Å². The second-order valence-electron chi connectivity index (χ2n) is 11.2. The summed E-state index contributed by atoms with van der Waals surface area (Å²) in [6.07, 6.45) is 7.25. The maximum absolute atomic E-state index is 12.2. The van der Waals surface area contributed by atoms with Gasteiger partial charge < -0.3 is 25.6 Å². The van der Waals surface area contributed by atoms with Crippen LogP contribution in [-0.2, 0) is 15.0 Å². The SMILES string of the molecule is CN1CC2(c3nc4ccccc4s3)CCC1C2.COc1ncc(NC(=O)C(=O)N2CCCC(C)C2)cc1C(N)=O. The number of benzene rings is 1. The molecule has 2 bridgehead atoms. The van der Waals surface area contributed by atoms with Crippen LogP contribution in [0.5, 0.6) is 5.88 Å². The van der Waals surface area contributed by atoms with Gasteiger partial charge in [-0.05, 0) is 63.3 Å². The number of carbonyl (C=O) groups excluding carboxylic acids is 3. The minimum absolute atomic E-state index is 0.0318. The molecule has 40 heavy (non-hydrogen) atoms. The van der Waals surface area contributed by atoms with Crippen LogP contribution in [0.25, 0.3) is 10.2 Å². The standard InChI is InChI=1S/C15H20N4O4.C14H16N2S/c1-9-4-3-5-19(8-9)15(22)13(21)18-10-6-11(12(16)20)14(23-2)17-7-10;1-16-9-14(7-6-10(16)8-14)13-15-11-4-2-3-5-12(11)17-13/h6-7,9H,3-5,8H2,1-2H3,(H2,16,20)(H,18,21);2-5,10H,6-9H2,1H3. The lowest BCUT2D eigenvalue weighted by Gasteiger charge is -2.30. The number of piperidine rings is 2. The number of ether oxygens (including phenoxy) is 1. The molecule has 6 rings (SSSR count). The summed E-state index contributed by atoms with van der Waals surface area (Å²) in [5.74, 6) is -1.65. The lowest BCUT2D eigenvalue weighted by Crippen LogP contribution is -2.44. The third kappa shape index (κ3) is 5.66. The van der Waals surface area contributed by atoms with Crippen LogP contribution in [0.15, 0.2) is 36.5 Å². The van der Waals surface area contributed by atoms with Gasteiger partial charge in [-0.15, -0.1) is 11.3 Å². The molecule has 0 spiro atoms. The molecule has 212 valence electrons. The summed E-state index contributed by atoms with van der Waals surface area (Å²) in [7, 11) is 3.62. The average Bonchev–Trinajstić information content (AvgIpc) is 3.66. The molecule has 2 saturated heterocycles. The lowest BCUT2D eigenvalue weighted by atomic mass is 9.88. The predicted octanol–water partition coefficient (Wildman–Crippen LogP) is 3.42. The van der Waals surface area contributed by atoms with Gasteiger partial charge in [0.25, 0.3) is 5.91 Å². The van der Waals surface area contributed by atoms with Crippen LogP contribution < -0.4 is 15.8 Å². The number of pyridine rings is 1. The number of fused-ring (bicyclic) bond motifs is 3. The Bertz CT molecular complexity index is 1390. The summed E-state index contributed by atoms with van der Waals surface area (Å²) in [5.41, 5.74) is 7.04. The highest BCUT2D eigenvalue weighted by molar-refractivity contribution is 7.18. The van der Waals surface area contributed by atoms with Crippen molar-refractivity contribution in [3.63, 3.8) is 0 Å². The number of primary amides is 1. The number of nitrogens with zero attached hydrogens (tertiary/aromatic N) is 4. The fourth-order valence-corrected chi connectivity index (χ4v) is 7.33. The number of para-hydroxylation sites is 1. The molecule has 4 heterocycles. The summed E-state index contributed by atoms with van der Waals surface area (Å²) in [6, 6.07) is 10.7. The molecule has 3 aromatic rings.